The Balaban J connectivity index is 1.77. The first kappa shape index (κ1) is 14.4. The summed E-state index contributed by atoms with van der Waals surface area (Å²) in [7, 11) is 0. The molecule has 3 heteroatoms. The number of halogens is 1. The second-order valence-electron chi connectivity index (χ2n) is 6.31. The molecule has 0 heterocycles. The molecule has 20 heavy (non-hydrogen) atoms. The highest BCUT2D eigenvalue weighted by Crippen LogP contribution is 2.39. The molecule has 1 atom stereocenters. The van der Waals surface area contributed by atoms with Crippen LogP contribution in [0.15, 0.2) is 22.7 Å². The number of nitrogens with zero attached hydrogens (tertiary/aromatic N) is 1. The van der Waals surface area contributed by atoms with Crippen LogP contribution >= 0.6 is 15.9 Å². The Kier molecular flexibility index (Phi) is 4.37. The van der Waals surface area contributed by atoms with Crippen LogP contribution in [0.25, 0.3) is 0 Å². The fraction of sp³-hybridized carbons (Fsp3) is 0.647. The molecule has 1 N–H and O–H groups in total. The maximum absolute atomic E-state index is 3.77. The minimum absolute atomic E-state index is 0.404. The second kappa shape index (κ2) is 6.07. The van der Waals surface area contributed by atoms with Gasteiger partial charge in [0.2, 0.25) is 0 Å². The Morgan fingerprint density at radius 3 is 2.60 bits per heavy atom. The molecule has 2 fully saturated rings. The zero-order chi connectivity index (χ0) is 14.1. The van der Waals surface area contributed by atoms with Crippen LogP contribution in [0.4, 0.5) is 5.69 Å². The molecule has 3 rings (SSSR count). The van der Waals surface area contributed by atoms with Crippen LogP contribution in [0.2, 0.25) is 0 Å². The van der Waals surface area contributed by atoms with Gasteiger partial charge in [-0.1, -0.05) is 28.9 Å². The number of rotatable bonds is 7. The lowest BCUT2D eigenvalue weighted by molar-refractivity contribution is 0.596. The molecule has 1 aromatic rings. The first-order valence-corrected chi connectivity index (χ1v) is 8.77. The predicted octanol–water partition coefficient (Wildman–Crippen LogP) is 4.50. The largest absolute Gasteiger partial charge is 0.368 e. The Morgan fingerprint density at radius 2 is 2.05 bits per heavy atom. The molecule has 2 aliphatic carbocycles. The van der Waals surface area contributed by atoms with Crippen molar-refractivity contribution in [3.05, 3.63) is 28.2 Å². The fourth-order valence-corrected chi connectivity index (χ4v) is 3.60. The van der Waals surface area contributed by atoms with Gasteiger partial charge in [-0.25, -0.2) is 0 Å². The van der Waals surface area contributed by atoms with Gasteiger partial charge in [-0.3, -0.25) is 0 Å². The van der Waals surface area contributed by atoms with Crippen molar-refractivity contribution in [1.29, 1.82) is 0 Å². The van der Waals surface area contributed by atoms with E-state index in [-0.39, 0.29) is 0 Å². The van der Waals surface area contributed by atoms with Crippen molar-refractivity contribution in [2.45, 2.75) is 51.6 Å². The van der Waals surface area contributed by atoms with Gasteiger partial charge in [0.1, 0.15) is 0 Å². The monoisotopic (exact) mass is 336 g/mol. The van der Waals surface area contributed by atoms with E-state index >= 15 is 0 Å². The lowest BCUT2D eigenvalue weighted by Gasteiger charge is -2.26. The van der Waals surface area contributed by atoms with Crippen LogP contribution in [-0.2, 0) is 0 Å². The van der Waals surface area contributed by atoms with E-state index in [9.17, 15) is 0 Å². The van der Waals surface area contributed by atoms with E-state index in [1.807, 2.05) is 0 Å². The quantitative estimate of drug-likeness (QED) is 0.788. The third kappa shape index (κ3) is 3.37. The third-order valence-electron chi connectivity index (χ3n) is 4.43. The molecule has 110 valence electrons. The number of hydrogen-bond acceptors (Lipinski definition) is 2. The van der Waals surface area contributed by atoms with Gasteiger partial charge in [-0.05, 0) is 62.8 Å². The summed E-state index contributed by atoms with van der Waals surface area (Å²) in [6.07, 6.45) is 5.61. The van der Waals surface area contributed by atoms with Crippen molar-refractivity contribution in [3.63, 3.8) is 0 Å². The molecule has 2 aliphatic rings. The Bertz CT molecular complexity index is 466. The first-order valence-electron chi connectivity index (χ1n) is 7.98. The first-order chi connectivity index (χ1) is 9.69. The molecule has 0 bridgehead atoms. The summed E-state index contributed by atoms with van der Waals surface area (Å²) in [5, 5.41) is 3.49. The van der Waals surface area contributed by atoms with Crippen LogP contribution in [0, 0.1) is 5.92 Å². The summed E-state index contributed by atoms with van der Waals surface area (Å²) in [5.74, 6) is 0.953. The molecule has 0 spiro atoms. The molecule has 1 aromatic carbocycles. The van der Waals surface area contributed by atoms with E-state index in [4.69, 9.17) is 0 Å². The standard InChI is InChI=1S/C17H25BrN2/c1-3-19-12(2)16-9-8-15(10-17(16)18)20(14-6-7-14)11-13-4-5-13/h8-10,12-14,19H,3-7,11H2,1-2H3. The van der Waals surface area contributed by atoms with E-state index in [0.29, 0.717) is 6.04 Å². The maximum atomic E-state index is 3.77. The fourth-order valence-electron chi connectivity index (χ4n) is 2.89. The minimum Gasteiger partial charge on any atom is -0.368 e. The van der Waals surface area contributed by atoms with Crippen LogP contribution in [-0.4, -0.2) is 19.1 Å². The highest BCUT2D eigenvalue weighted by Gasteiger charge is 2.34. The number of nitrogens with one attached hydrogen (secondary N) is 1. The summed E-state index contributed by atoms with van der Waals surface area (Å²) in [5.41, 5.74) is 2.76. The molecule has 0 saturated heterocycles. The molecule has 2 saturated carbocycles. The lowest BCUT2D eigenvalue weighted by atomic mass is 10.1. The van der Waals surface area contributed by atoms with Crippen LogP contribution in [0.5, 0.6) is 0 Å². The van der Waals surface area contributed by atoms with Gasteiger partial charge >= 0.3 is 0 Å². The molecule has 0 radical (unpaired) electrons. The van der Waals surface area contributed by atoms with Gasteiger partial charge in [0.25, 0.3) is 0 Å². The predicted molar refractivity (Wildman–Crippen MR) is 89.3 cm³/mol. The summed E-state index contributed by atoms with van der Waals surface area (Å²) < 4.78 is 1.24. The second-order valence-corrected chi connectivity index (χ2v) is 7.17. The topological polar surface area (TPSA) is 15.3 Å². The normalized spacial score (nSPS) is 19.9. The highest BCUT2D eigenvalue weighted by atomic mass is 79.9. The Labute approximate surface area is 131 Å². The van der Waals surface area contributed by atoms with Crippen molar-refractivity contribution >= 4 is 21.6 Å². The van der Waals surface area contributed by atoms with E-state index in [2.05, 4.69) is 58.2 Å². The summed E-state index contributed by atoms with van der Waals surface area (Å²) in [6.45, 7) is 6.65. The molecule has 0 aliphatic heterocycles. The van der Waals surface area contributed by atoms with Gasteiger partial charge in [0.05, 0.1) is 0 Å². The molecule has 0 amide bonds. The van der Waals surface area contributed by atoms with Gasteiger partial charge < -0.3 is 10.2 Å². The third-order valence-corrected chi connectivity index (χ3v) is 5.12. The lowest BCUT2D eigenvalue weighted by Crippen LogP contribution is -2.28. The molecular formula is C17H25BrN2. The van der Waals surface area contributed by atoms with E-state index in [1.165, 1.54) is 48.0 Å². The van der Waals surface area contributed by atoms with Gasteiger partial charge in [-0.15, -0.1) is 0 Å². The van der Waals surface area contributed by atoms with Crippen molar-refractivity contribution < 1.29 is 0 Å². The Morgan fingerprint density at radius 1 is 1.30 bits per heavy atom. The Hall–Kier alpha value is -0.540. The zero-order valence-electron chi connectivity index (χ0n) is 12.5. The molecule has 0 aromatic heterocycles. The van der Waals surface area contributed by atoms with Gasteiger partial charge in [0, 0.05) is 28.8 Å². The summed E-state index contributed by atoms with van der Waals surface area (Å²) in [4.78, 5) is 2.64. The van der Waals surface area contributed by atoms with Gasteiger partial charge in [0.15, 0.2) is 0 Å². The van der Waals surface area contributed by atoms with Crippen molar-refractivity contribution in [1.82, 2.24) is 5.32 Å². The average Bonchev–Trinajstić information content (AvgIpc) is 3.28. The van der Waals surface area contributed by atoms with Gasteiger partial charge in [-0.2, -0.15) is 0 Å². The molecule has 1 unspecified atom stereocenters. The number of anilines is 1. The van der Waals surface area contributed by atoms with Crippen molar-refractivity contribution in [2.75, 3.05) is 18.0 Å². The van der Waals surface area contributed by atoms with Crippen LogP contribution < -0.4 is 10.2 Å². The zero-order valence-corrected chi connectivity index (χ0v) is 14.1. The van der Waals surface area contributed by atoms with Crippen LogP contribution in [0.1, 0.15) is 51.1 Å². The maximum Gasteiger partial charge on any atom is 0.0380 e. The summed E-state index contributed by atoms with van der Waals surface area (Å²) in [6, 6.07) is 8.13. The van der Waals surface area contributed by atoms with E-state index in [0.717, 1.165) is 18.5 Å². The van der Waals surface area contributed by atoms with E-state index in [1.54, 1.807) is 0 Å². The number of hydrogen-bond donors (Lipinski definition) is 1. The van der Waals surface area contributed by atoms with E-state index < -0.39 is 0 Å². The van der Waals surface area contributed by atoms with Crippen LogP contribution in [0.3, 0.4) is 0 Å². The highest BCUT2D eigenvalue weighted by molar-refractivity contribution is 9.10. The average molecular weight is 337 g/mol. The van der Waals surface area contributed by atoms with Crippen molar-refractivity contribution in [3.8, 4) is 0 Å². The summed E-state index contributed by atoms with van der Waals surface area (Å²) >= 11 is 3.77. The minimum atomic E-state index is 0.404. The molecule has 2 nitrogen and oxygen atoms in total. The molecular weight excluding hydrogens is 312 g/mol. The SMILES string of the molecule is CCNC(C)c1ccc(N(CC2CC2)C2CC2)cc1Br. The van der Waals surface area contributed by atoms with Crippen molar-refractivity contribution in [2.24, 2.45) is 5.92 Å². The smallest absolute Gasteiger partial charge is 0.0380 e. The number of benzene rings is 1.